The minimum Gasteiger partial charge on any atom is -0.396 e. The smallest absolute Gasteiger partial charge is 0.339 e. The number of hydrogen-bond acceptors (Lipinski definition) is 5. The predicted molar refractivity (Wildman–Crippen MR) is 113 cm³/mol. The number of aryl methyl sites for hydroxylation is 3. The van der Waals surface area contributed by atoms with Gasteiger partial charge in [0.05, 0.1) is 0 Å². The van der Waals surface area contributed by atoms with Crippen LogP contribution >= 0.6 is 0 Å². The number of nitrogens with zero attached hydrogens (tertiary/aromatic N) is 4. The van der Waals surface area contributed by atoms with E-state index in [9.17, 15) is 14.4 Å². The van der Waals surface area contributed by atoms with Crippen molar-refractivity contribution in [2.24, 2.45) is 19.5 Å². The van der Waals surface area contributed by atoms with Gasteiger partial charge in [0.2, 0.25) is 5.91 Å². The third kappa shape index (κ3) is 5.04. The molecule has 0 aliphatic carbocycles. The summed E-state index contributed by atoms with van der Waals surface area (Å²) in [6, 6.07) is 0. The fourth-order valence-corrected chi connectivity index (χ4v) is 3.45. The Labute approximate surface area is 171 Å². The van der Waals surface area contributed by atoms with Crippen molar-refractivity contribution in [1.29, 1.82) is 0 Å². The van der Waals surface area contributed by atoms with Gasteiger partial charge < -0.3 is 9.67 Å². The number of fused-ring (bicyclic) bond motifs is 1. The van der Waals surface area contributed by atoms with E-state index in [-0.39, 0.29) is 12.1 Å². The summed E-state index contributed by atoms with van der Waals surface area (Å²) in [5, 5.41) is 8.79. The first-order chi connectivity index (χ1) is 13.6. The molecule has 0 aromatic carbocycles. The second-order valence-electron chi connectivity index (χ2n) is 8.75. The molecule has 2 aromatic rings. The first-order valence-electron chi connectivity index (χ1n) is 10.4. The van der Waals surface area contributed by atoms with Crippen molar-refractivity contribution < 1.29 is 9.90 Å². The fraction of sp³-hybridized carbons (Fsp3) is 0.714. The van der Waals surface area contributed by atoms with Crippen LogP contribution in [-0.4, -0.2) is 36.3 Å². The number of carbonyl (C=O) groups is 1. The Morgan fingerprint density at radius 3 is 2.03 bits per heavy atom. The molecule has 8 heteroatoms. The zero-order valence-electron chi connectivity index (χ0n) is 18.3. The molecule has 0 aliphatic rings. The van der Waals surface area contributed by atoms with Crippen molar-refractivity contribution in [1.82, 2.24) is 18.7 Å². The normalized spacial score (nSPS) is 12.1. The molecule has 0 spiro atoms. The third-order valence-corrected chi connectivity index (χ3v) is 5.27. The van der Waals surface area contributed by atoms with Crippen LogP contribution in [0.25, 0.3) is 11.2 Å². The van der Waals surface area contributed by atoms with Gasteiger partial charge >= 0.3 is 5.69 Å². The second kappa shape index (κ2) is 9.52. The Morgan fingerprint density at radius 1 is 0.931 bits per heavy atom. The number of hydrogen-bond donors (Lipinski definition) is 1. The number of aliphatic hydroxyl groups is 1. The van der Waals surface area contributed by atoms with Crippen LogP contribution in [0.5, 0.6) is 0 Å². The van der Waals surface area contributed by atoms with Crippen LogP contribution in [0, 0.1) is 5.41 Å². The molecule has 29 heavy (non-hydrogen) atoms. The summed E-state index contributed by atoms with van der Waals surface area (Å²) in [5.74, 6) is 0.224. The predicted octanol–water partition coefficient (Wildman–Crippen LogP) is 2.39. The van der Waals surface area contributed by atoms with Gasteiger partial charge in [0.1, 0.15) is 5.82 Å². The Bertz CT molecular complexity index is 976. The highest BCUT2D eigenvalue weighted by molar-refractivity contribution is 5.85. The number of aromatic nitrogens is 4. The number of rotatable bonds is 9. The largest absolute Gasteiger partial charge is 0.396 e. The summed E-state index contributed by atoms with van der Waals surface area (Å²) >= 11 is 0. The molecule has 0 radical (unpaired) electrons. The van der Waals surface area contributed by atoms with Gasteiger partial charge in [0.25, 0.3) is 5.56 Å². The van der Waals surface area contributed by atoms with Gasteiger partial charge in [-0.3, -0.25) is 14.2 Å². The number of carbonyl (C=O) groups excluding carboxylic acids is 1. The molecule has 2 heterocycles. The molecule has 1 N–H and O–H groups in total. The fourth-order valence-electron chi connectivity index (χ4n) is 3.45. The number of imidazole rings is 1. The molecule has 2 rings (SSSR count). The topological polar surface area (TPSA) is 99.1 Å². The average Bonchev–Trinajstić information content (AvgIpc) is 2.98. The van der Waals surface area contributed by atoms with Crippen LogP contribution in [0.3, 0.4) is 0 Å². The second-order valence-corrected chi connectivity index (χ2v) is 8.75. The van der Waals surface area contributed by atoms with E-state index >= 15 is 0 Å². The van der Waals surface area contributed by atoms with Crippen molar-refractivity contribution in [3.05, 3.63) is 26.7 Å². The molecule has 162 valence electrons. The summed E-state index contributed by atoms with van der Waals surface area (Å²) in [4.78, 5) is 42.8. The standard InChI is InChI=1S/C21H34N4O4/c1-21(2,3)19(28)25-18(27)16-17(24(5)20(25)29)22-15(23(16)4)13-11-9-7-6-8-10-12-14-26/h26H,6-14H2,1-5H3. The molecule has 2 aromatic heterocycles. The van der Waals surface area contributed by atoms with Crippen LogP contribution in [0.2, 0.25) is 0 Å². The van der Waals surface area contributed by atoms with E-state index < -0.39 is 22.6 Å². The molecule has 0 fully saturated rings. The lowest BCUT2D eigenvalue weighted by Gasteiger charge is -2.17. The van der Waals surface area contributed by atoms with Gasteiger partial charge in [0, 0.05) is 32.5 Å². The van der Waals surface area contributed by atoms with E-state index in [0.717, 1.165) is 55.3 Å². The van der Waals surface area contributed by atoms with Crippen LogP contribution in [0.4, 0.5) is 0 Å². The van der Waals surface area contributed by atoms with Crippen molar-refractivity contribution in [3.8, 4) is 0 Å². The Balaban J connectivity index is 2.22. The van der Waals surface area contributed by atoms with Crippen molar-refractivity contribution in [2.75, 3.05) is 6.61 Å². The van der Waals surface area contributed by atoms with Crippen LogP contribution in [-0.2, 0) is 20.5 Å². The maximum absolute atomic E-state index is 13.0. The lowest BCUT2D eigenvalue weighted by Crippen LogP contribution is -2.47. The highest BCUT2D eigenvalue weighted by atomic mass is 16.3. The number of aliphatic hydroxyl groups excluding tert-OH is 1. The molecule has 8 nitrogen and oxygen atoms in total. The molecule has 0 amide bonds. The molecule has 0 unspecified atom stereocenters. The van der Waals surface area contributed by atoms with E-state index in [0.29, 0.717) is 12.1 Å². The van der Waals surface area contributed by atoms with Gasteiger partial charge in [-0.1, -0.05) is 52.9 Å². The van der Waals surface area contributed by atoms with E-state index in [2.05, 4.69) is 4.98 Å². The van der Waals surface area contributed by atoms with Crippen LogP contribution in [0.15, 0.2) is 9.59 Å². The van der Waals surface area contributed by atoms with E-state index in [1.54, 1.807) is 39.4 Å². The third-order valence-electron chi connectivity index (χ3n) is 5.27. The molecule has 0 bridgehead atoms. The van der Waals surface area contributed by atoms with E-state index in [4.69, 9.17) is 5.11 Å². The quantitative estimate of drug-likeness (QED) is 0.645. The molecule has 0 saturated heterocycles. The lowest BCUT2D eigenvalue weighted by atomic mass is 9.95. The molecular weight excluding hydrogens is 372 g/mol. The molecule has 0 aliphatic heterocycles. The summed E-state index contributed by atoms with van der Waals surface area (Å²) in [5.41, 5.74) is -1.51. The Kier molecular flexibility index (Phi) is 7.57. The highest BCUT2D eigenvalue weighted by Gasteiger charge is 2.29. The molecule has 0 saturated carbocycles. The van der Waals surface area contributed by atoms with Crippen molar-refractivity contribution >= 4 is 17.1 Å². The van der Waals surface area contributed by atoms with Crippen LogP contribution in [0.1, 0.15) is 76.3 Å². The molecule has 0 atom stereocenters. The summed E-state index contributed by atoms with van der Waals surface area (Å²) in [7, 11) is 3.30. The van der Waals surface area contributed by atoms with E-state index in [1.807, 2.05) is 0 Å². The minimum atomic E-state index is -0.845. The zero-order valence-corrected chi connectivity index (χ0v) is 18.3. The molecular formula is C21H34N4O4. The highest BCUT2D eigenvalue weighted by Crippen LogP contribution is 2.17. The zero-order chi connectivity index (χ0) is 21.8. The first-order valence-corrected chi connectivity index (χ1v) is 10.4. The maximum atomic E-state index is 13.0. The van der Waals surface area contributed by atoms with Gasteiger partial charge in [-0.25, -0.2) is 9.78 Å². The van der Waals surface area contributed by atoms with Gasteiger partial charge in [-0.05, 0) is 12.8 Å². The van der Waals surface area contributed by atoms with Gasteiger partial charge in [-0.15, -0.1) is 0 Å². The summed E-state index contributed by atoms with van der Waals surface area (Å²) in [6.07, 6.45) is 8.06. The summed E-state index contributed by atoms with van der Waals surface area (Å²) in [6.45, 7) is 5.32. The monoisotopic (exact) mass is 406 g/mol. The average molecular weight is 407 g/mol. The van der Waals surface area contributed by atoms with Crippen molar-refractivity contribution in [3.63, 3.8) is 0 Å². The Hall–Kier alpha value is -2.22. The van der Waals surface area contributed by atoms with E-state index in [1.165, 1.54) is 4.57 Å². The lowest BCUT2D eigenvalue weighted by molar-refractivity contribution is 0.0754. The number of unbranched alkanes of at least 4 members (excludes halogenated alkanes) is 6. The minimum absolute atomic E-state index is 0.262. The maximum Gasteiger partial charge on any atom is 0.339 e. The first kappa shape index (κ1) is 23.1. The van der Waals surface area contributed by atoms with Crippen molar-refractivity contribution in [2.45, 2.75) is 72.1 Å². The van der Waals surface area contributed by atoms with Gasteiger partial charge in [-0.2, -0.15) is 4.57 Å². The Morgan fingerprint density at radius 2 is 1.48 bits per heavy atom. The summed E-state index contributed by atoms with van der Waals surface area (Å²) < 4.78 is 3.73. The SMILES string of the molecule is Cn1c(CCCCCCCCCO)nc2c1c(=O)n(C(=O)C(C)(C)C)c(=O)n2C. The van der Waals surface area contributed by atoms with Gasteiger partial charge in [0.15, 0.2) is 11.2 Å². The van der Waals surface area contributed by atoms with Crippen LogP contribution < -0.4 is 11.2 Å².